The van der Waals surface area contributed by atoms with Crippen LogP contribution in [0.1, 0.15) is 19.0 Å². The first-order valence-corrected chi connectivity index (χ1v) is 8.53. The fourth-order valence-electron chi connectivity index (χ4n) is 2.65. The van der Waals surface area contributed by atoms with E-state index in [1.165, 1.54) is 0 Å². The molecule has 0 saturated heterocycles. The van der Waals surface area contributed by atoms with Crippen molar-refractivity contribution in [3.8, 4) is 0 Å². The molecule has 0 radical (unpaired) electrons. The number of hydrogen-bond donors (Lipinski definition) is 1. The Morgan fingerprint density at radius 1 is 1.26 bits per heavy atom. The van der Waals surface area contributed by atoms with Crippen molar-refractivity contribution >= 4 is 39.9 Å². The molecule has 2 aromatic rings. The molecule has 1 aromatic heterocycles. The summed E-state index contributed by atoms with van der Waals surface area (Å²) in [5.74, 6) is 0. The fraction of sp³-hybridized carbons (Fsp3) is 0.235. The van der Waals surface area contributed by atoms with Gasteiger partial charge in [-0.15, -0.1) is 0 Å². The van der Waals surface area contributed by atoms with Gasteiger partial charge in [0.1, 0.15) is 3.70 Å². The number of rotatable bonds is 2. The Kier molecular flexibility index (Phi) is 4.90. The van der Waals surface area contributed by atoms with Gasteiger partial charge >= 0.3 is 6.03 Å². The van der Waals surface area contributed by atoms with Crippen LogP contribution < -0.4 is 5.32 Å². The third-order valence-electron chi connectivity index (χ3n) is 3.80. The first-order valence-electron chi connectivity index (χ1n) is 7.45. The minimum Gasteiger partial charge on any atom is -0.318 e. The van der Waals surface area contributed by atoms with E-state index in [2.05, 4.69) is 44.0 Å². The Hall–Kier alpha value is -1.96. The van der Waals surface area contributed by atoms with Crippen molar-refractivity contribution < 1.29 is 4.79 Å². The lowest BCUT2D eigenvalue weighted by molar-refractivity contribution is 0.202. The number of halogens is 1. The van der Waals surface area contributed by atoms with Crippen LogP contribution in [0.25, 0.3) is 5.57 Å². The fourth-order valence-corrected chi connectivity index (χ4v) is 3.29. The van der Waals surface area contributed by atoms with Crippen molar-refractivity contribution in [3.63, 3.8) is 0 Å². The van der Waals surface area contributed by atoms with Crippen LogP contribution in [-0.2, 0) is 0 Å². The molecular weight excluding hydrogens is 403 g/mol. The van der Waals surface area contributed by atoms with Crippen molar-refractivity contribution in [2.75, 3.05) is 11.9 Å². The zero-order valence-electron chi connectivity index (χ0n) is 12.7. The molecule has 0 spiro atoms. The summed E-state index contributed by atoms with van der Waals surface area (Å²) in [5.41, 5.74) is 2.88. The summed E-state index contributed by atoms with van der Waals surface area (Å²) in [4.78, 5) is 23.0. The predicted octanol–water partition coefficient (Wildman–Crippen LogP) is 3.79. The molecule has 3 rings (SSSR count). The molecular formula is C17H17IN4O. The van der Waals surface area contributed by atoms with Crippen molar-refractivity contribution in [3.05, 3.63) is 58.2 Å². The summed E-state index contributed by atoms with van der Waals surface area (Å²) < 4.78 is 0.894. The van der Waals surface area contributed by atoms with E-state index in [1.54, 1.807) is 12.4 Å². The number of hydrogen-bond acceptors (Lipinski definition) is 3. The van der Waals surface area contributed by atoms with Gasteiger partial charge in [0.25, 0.3) is 0 Å². The monoisotopic (exact) mass is 420 g/mol. The summed E-state index contributed by atoms with van der Waals surface area (Å²) in [6.07, 6.45) is 6.27. The molecule has 1 N–H and O–H groups in total. The summed E-state index contributed by atoms with van der Waals surface area (Å²) in [5, 5.41) is 2.94. The molecule has 1 aromatic carbocycles. The number of nitrogens with one attached hydrogen (secondary N) is 1. The first kappa shape index (κ1) is 15.9. The largest absolute Gasteiger partial charge is 0.322 e. The predicted molar refractivity (Wildman–Crippen MR) is 99.0 cm³/mol. The molecule has 0 unspecified atom stereocenters. The van der Waals surface area contributed by atoms with Crippen molar-refractivity contribution in [1.82, 2.24) is 14.9 Å². The minimum absolute atomic E-state index is 0.0141. The van der Waals surface area contributed by atoms with Gasteiger partial charge in [-0.25, -0.2) is 9.78 Å². The van der Waals surface area contributed by atoms with E-state index in [0.717, 1.165) is 27.1 Å². The van der Waals surface area contributed by atoms with E-state index in [4.69, 9.17) is 0 Å². The number of nitrogens with zero attached hydrogens (tertiary/aromatic N) is 3. The molecule has 118 valence electrons. The third kappa shape index (κ3) is 3.69. The molecule has 0 saturated carbocycles. The van der Waals surface area contributed by atoms with Crippen LogP contribution in [0.4, 0.5) is 10.5 Å². The Balaban J connectivity index is 1.73. The van der Waals surface area contributed by atoms with E-state index in [0.29, 0.717) is 6.54 Å². The molecule has 0 fully saturated rings. The SMILES string of the molecule is C[C@@H]1C=C(c2nccnc2I)CCN1C(=O)Nc1ccccc1. The van der Waals surface area contributed by atoms with Gasteiger partial charge < -0.3 is 10.2 Å². The molecule has 1 aliphatic heterocycles. The van der Waals surface area contributed by atoms with Crippen molar-refractivity contribution in [2.24, 2.45) is 0 Å². The van der Waals surface area contributed by atoms with Crippen LogP contribution in [0.5, 0.6) is 0 Å². The van der Waals surface area contributed by atoms with Gasteiger partial charge in [-0.3, -0.25) is 4.98 Å². The lowest BCUT2D eigenvalue weighted by Crippen LogP contribution is -2.43. The number of carbonyl (C=O) groups excluding carboxylic acids is 1. The zero-order chi connectivity index (χ0) is 16.2. The number of carbonyl (C=O) groups is 1. The van der Waals surface area contributed by atoms with Gasteiger partial charge in [-0.1, -0.05) is 24.3 Å². The second-order valence-electron chi connectivity index (χ2n) is 5.37. The maximum absolute atomic E-state index is 12.4. The molecule has 0 aliphatic carbocycles. The van der Waals surface area contributed by atoms with Gasteiger partial charge in [-0.2, -0.15) is 0 Å². The van der Waals surface area contributed by atoms with Crippen LogP contribution in [0.2, 0.25) is 0 Å². The summed E-state index contributed by atoms with van der Waals surface area (Å²) in [6, 6.07) is 9.45. The highest BCUT2D eigenvalue weighted by Gasteiger charge is 2.25. The Morgan fingerprint density at radius 2 is 2.00 bits per heavy atom. The third-order valence-corrected chi connectivity index (χ3v) is 4.59. The van der Waals surface area contributed by atoms with Gasteiger partial charge in [0, 0.05) is 30.7 Å². The summed E-state index contributed by atoms with van der Waals surface area (Å²) in [7, 11) is 0. The molecule has 1 atom stereocenters. The van der Waals surface area contributed by atoms with Crippen LogP contribution >= 0.6 is 22.6 Å². The summed E-state index contributed by atoms with van der Waals surface area (Å²) in [6.45, 7) is 2.69. The van der Waals surface area contributed by atoms with Gasteiger partial charge in [0.2, 0.25) is 0 Å². The number of anilines is 1. The average molecular weight is 420 g/mol. The lowest BCUT2D eigenvalue weighted by atomic mass is 10.0. The quantitative estimate of drug-likeness (QED) is 0.753. The maximum Gasteiger partial charge on any atom is 0.322 e. The highest BCUT2D eigenvalue weighted by atomic mass is 127. The van der Waals surface area contributed by atoms with E-state index in [1.807, 2.05) is 42.2 Å². The maximum atomic E-state index is 12.4. The molecule has 23 heavy (non-hydrogen) atoms. The van der Waals surface area contributed by atoms with E-state index >= 15 is 0 Å². The molecule has 5 nitrogen and oxygen atoms in total. The lowest BCUT2D eigenvalue weighted by Gasteiger charge is -2.32. The van der Waals surface area contributed by atoms with Gasteiger partial charge in [0.15, 0.2) is 0 Å². The molecule has 6 heteroatoms. The smallest absolute Gasteiger partial charge is 0.318 e. The molecule has 1 aliphatic rings. The standard InChI is InChI=1S/C17H17IN4O/c1-12-11-13(15-16(18)20-9-8-19-15)7-10-22(12)17(23)21-14-5-3-2-4-6-14/h2-6,8-9,11-12H,7,10H2,1H3,(H,21,23)/t12-/m1/s1. The average Bonchev–Trinajstić information content (AvgIpc) is 2.56. The van der Waals surface area contributed by atoms with Crippen molar-refractivity contribution in [1.29, 1.82) is 0 Å². The normalized spacial score (nSPS) is 17.6. The molecule has 0 bridgehead atoms. The Labute approximate surface area is 149 Å². The van der Waals surface area contributed by atoms with Crippen LogP contribution in [-0.4, -0.2) is 33.5 Å². The van der Waals surface area contributed by atoms with Crippen LogP contribution in [0.15, 0.2) is 48.8 Å². The highest BCUT2D eigenvalue weighted by Crippen LogP contribution is 2.26. The van der Waals surface area contributed by atoms with Gasteiger partial charge in [-0.05, 0) is 53.6 Å². The number of benzene rings is 1. The molecule has 2 heterocycles. The number of urea groups is 1. The van der Waals surface area contributed by atoms with E-state index in [-0.39, 0.29) is 12.1 Å². The second kappa shape index (κ2) is 7.08. The topological polar surface area (TPSA) is 58.1 Å². The van der Waals surface area contributed by atoms with Gasteiger partial charge in [0.05, 0.1) is 5.69 Å². The van der Waals surface area contributed by atoms with E-state index < -0.39 is 0 Å². The van der Waals surface area contributed by atoms with Crippen molar-refractivity contribution in [2.45, 2.75) is 19.4 Å². The highest BCUT2D eigenvalue weighted by molar-refractivity contribution is 14.1. The zero-order valence-corrected chi connectivity index (χ0v) is 14.9. The minimum atomic E-state index is -0.0761. The van der Waals surface area contributed by atoms with Crippen LogP contribution in [0.3, 0.4) is 0 Å². The van der Waals surface area contributed by atoms with Crippen LogP contribution in [0, 0.1) is 3.70 Å². The van der Waals surface area contributed by atoms with E-state index in [9.17, 15) is 4.79 Å². The summed E-state index contributed by atoms with van der Waals surface area (Å²) >= 11 is 2.20. The number of aromatic nitrogens is 2. The Morgan fingerprint density at radius 3 is 2.70 bits per heavy atom. The number of para-hydroxylation sites is 1. The second-order valence-corrected chi connectivity index (χ2v) is 6.39. The Bertz CT molecular complexity index is 732. The first-order chi connectivity index (χ1) is 11.1. The molecule has 2 amide bonds. The number of amides is 2.